The number of allylic oxidation sites excluding steroid dienone is 16. The summed E-state index contributed by atoms with van der Waals surface area (Å²) in [5.74, 6) is 0.804. The molecule has 0 atom stereocenters. The third-order valence-electron chi connectivity index (χ3n) is 9.67. The molecule has 4 nitrogen and oxygen atoms in total. The largest absolute Gasteiger partial charge is 0.288 e. The summed E-state index contributed by atoms with van der Waals surface area (Å²) in [5, 5.41) is 0. The maximum atomic E-state index is 4.89. The lowest BCUT2D eigenvalue weighted by molar-refractivity contribution is 0.867. The van der Waals surface area contributed by atoms with Crippen LogP contribution in [0.3, 0.4) is 0 Å². The molecule has 0 heterocycles. The van der Waals surface area contributed by atoms with Crippen molar-refractivity contribution in [2.45, 2.75) is 80.3 Å². The number of hydrogen-bond acceptors (Lipinski definition) is 4. The van der Waals surface area contributed by atoms with Gasteiger partial charge in [0.25, 0.3) is 0 Å². The van der Waals surface area contributed by atoms with Crippen LogP contribution in [0, 0.1) is 0 Å². The van der Waals surface area contributed by atoms with E-state index in [1.807, 2.05) is 64.7 Å². The SMILES string of the molecule is C\C=C/C(=C/C=Nc1ccccc1C(C)C)C(/C=C\C)=C/C=NCc1ccccc1-c1ccccc1CN=C/C=C(\C=C/C)C(/C=C\C)=C/C=Nc1ccccc1C(C)C. The van der Waals surface area contributed by atoms with Gasteiger partial charge < -0.3 is 0 Å². The molecule has 306 valence electrons. The lowest BCUT2D eigenvalue weighted by Crippen LogP contribution is -1.94. The van der Waals surface area contributed by atoms with Crippen LogP contribution in [0.2, 0.25) is 0 Å². The van der Waals surface area contributed by atoms with Crippen LogP contribution < -0.4 is 0 Å². The summed E-state index contributed by atoms with van der Waals surface area (Å²) in [5.41, 5.74) is 13.3. The Bertz CT molecular complexity index is 2200. The molecule has 0 aliphatic carbocycles. The first-order valence-corrected chi connectivity index (χ1v) is 21.1. The van der Waals surface area contributed by atoms with E-state index < -0.39 is 0 Å². The standard InChI is InChI=1S/C56H62N4/c1-9-21-45(47(23-11-3)35-39-59-55-31-19-17-27-51(55)43(5)6)33-37-57-41-49-25-13-15-29-53(49)54-30-16-14-26-50(54)42-58-38-34-46(22-10-2)48(24-12-4)36-40-60-56-32-20-18-28-52(56)44(7)8/h9-40,43-44H,41-42H2,1-8H3/b21-9-,22-10-,23-11-,24-12-,45-33+,46-34+,47-35-,48-36+,57-37?,58-38?,59-39?,60-40?. The zero-order valence-electron chi connectivity index (χ0n) is 36.8. The highest BCUT2D eigenvalue weighted by Gasteiger charge is 2.09. The Morgan fingerprint density at radius 2 is 0.733 bits per heavy atom. The summed E-state index contributed by atoms with van der Waals surface area (Å²) in [7, 11) is 0. The molecule has 0 spiro atoms. The number of para-hydroxylation sites is 2. The van der Waals surface area contributed by atoms with Crippen LogP contribution >= 0.6 is 0 Å². The Hall–Kier alpha value is -6.52. The van der Waals surface area contributed by atoms with Gasteiger partial charge in [-0.25, -0.2) is 0 Å². The topological polar surface area (TPSA) is 49.4 Å². The monoisotopic (exact) mass is 790 g/mol. The summed E-state index contributed by atoms with van der Waals surface area (Å²) in [6, 6.07) is 33.7. The summed E-state index contributed by atoms with van der Waals surface area (Å²) < 4.78 is 0. The quantitative estimate of drug-likeness (QED) is 0.0671. The molecular formula is C56H62N4. The predicted molar refractivity (Wildman–Crippen MR) is 265 cm³/mol. The smallest absolute Gasteiger partial charge is 0.0664 e. The van der Waals surface area contributed by atoms with E-state index in [0.29, 0.717) is 24.9 Å². The van der Waals surface area contributed by atoms with Gasteiger partial charge in [0.15, 0.2) is 0 Å². The average molecular weight is 791 g/mol. The van der Waals surface area contributed by atoms with Gasteiger partial charge >= 0.3 is 0 Å². The molecule has 0 saturated carbocycles. The van der Waals surface area contributed by atoms with Crippen LogP contribution in [0.15, 0.2) is 212 Å². The van der Waals surface area contributed by atoms with Gasteiger partial charge in [-0.1, -0.05) is 161 Å². The Morgan fingerprint density at radius 1 is 0.417 bits per heavy atom. The minimum atomic E-state index is 0.402. The second kappa shape index (κ2) is 25.8. The van der Waals surface area contributed by atoms with Crippen LogP contribution in [0.1, 0.15) is 89.5 Å². The van der Waals surface area contributed by atoms with Crippen molar-refractivity contribution in [2.24, 2.45) is 20.0 Å². The van der Waals surface area contributed by atoms with E-state index in [2.05, 4.69) is 186 Å². The first-order valence-electron chi connectivity index (χ1n) is 21.1. The Morgan fingerprint density at radius 3 is 1.08 bits per heavy atom. The van der Waals surface area contributed by atoms with Crippen LogP contribution in [-0.4, -0.2) is 24.9 Å². The lowest BCUT2D eigenvalue weighted by Gasteiger charge is -2.12. The highest BCUT2D eigenvalue weighted by Crippen LogP contribution is 2.30. The van der Waals surface area contributed by atoms with Gasteiger partial charge in [-0.3, -0.25) is 20.0 Å². The van der Waals surface area contributed by atoms with Crippen molar-refractivity contribution in [3.63, 3.8) is 0 Å². The molecule has 0 aliphatic rings. The molecule has 0 amide bonds. The van der Waals surface area contributed by atoms with E-state index >= 15 is 0 Å². The van der Waals surface area contributed by atoms with E-state index in [1.54, 1.807) is 0 Å². The zero-order chi connectivity index (χ0) is 43.0. The van der Waals surface area contributed by atoms with Crippen LogP contribution in [0.4, 0.5) is 11.4 Å². The first-order chi connectivity index (χ1) is 29.3. The summed E-state index contributed by atoms with van der Waals surface area (Å²) >= 11 is 0. The fourth-order valence-corrected chi connectivity index (χ4v) is 6.70. The van der Waals surface area contributed by atoms with Crippen molar-refractivity contribution in [1.29, 1.82) is 0 Å². The normalized spacial score (nSPS) is 14.0. The summed E-state index contributed by atoms with van der Waals surface area (Å²) in [6.07, 6.45) is 32.5. The van der Waals surface area contributed by atoms with Crippen molar-refractivity contribution in [2.75, 3.05) is 0 Å². The Kier molecular flexibility index (Phi) is 19.8. The average Bonchev–Trinajstić information content (AvgIpc) is 3.26. The van der Waals surface area contributed by atoms with Crippen molar-refractivity contribution >= 4 is 36.2 Å². The minimum Gasteiger partial charge on any atom is -0.288 e. The number of nitrogens with zero attached hydrogens (tertiary/aromatic N) is 4. The molecule has 4 heteroatoms. The molecule has 0 saturated heterocycles. The molecular weight excluding hydrogens is 729 g/mol. The molecule has 4 aromatic rings. The molecule has 0 aromatic heterocycles. The molecule has 0 N–H and O–H groups in total. The Balaban J connectivity index is 1.54. The fraction of sp³-hybridized carbons (Fsp3) is 0.214. The maximum Gasteiger partial charge on any atom is 0.0664 e. The van der Waals surface area contributed by atoms with Gasteiger partial charge in [0.2, 0.25) is 0 Å². The molecule has 0 aliphatic heterocycles. The molecule has 60 heavy (non-hydrogen) atoms. The molecule has 0 bridgehead atoms. The van der Waals surface area contributed by atoms with Crippen molar-refractivity contribution in [3.8, 4) is 11.1 Å². The third kappa shape index (κ3) is 14.4. The number of rotatable bonds is 19. The van der Waals surface area contributed by atoms with Gasteiger partial charge in [-0.15, -0.1) is 0 Å². The fourth-order valence-electron chi connectivity index (χ4n) is 6.70. The molecule has 4 aromatic carbocycles. The van der Waals surface area contributed by atoms with E-state index in [9.17, 15) is 0 Å². The van der Waals surface area contributed by atoms with Gasteiger partial charge in [-0.05, 0) is 132 Å². The van der Waals surface area contributed by atoms with Crippen LogP contribution in [0.25, 0.3) is 11.1 Å². The third-order valence-corrected chi connectivity index (χ3v) is 9.67. The summed E-state index contributed by atoms with van der Waals surface area (Å²) in [6.45, 7) is 18.0. The van der Waals surface area contributed by atoms with Crippen LogP contribution in [0.5, 0.6) is 0 Å². The second-order valence-corrected chi connectivity index (χ2v) is 14.8. The van der Waals surface area contributed by atoms with Crippen LogP contribution in [-0.2, 0) is 13.1 Å². The van der Waals surface area contributed by atoms with Crippen molar-refractivity contribution in [1.82, 2.24) is 0 Å². The minimum absolute atomic E-state index is 0.402. The molecule has 4 rings (SSSR count). The van der Waals surface area contributed by atoms with E-state index in [1.165, 1.54) is 11.1 Å². The van der Waals surface area contributed by atoms with E-state index in [4.69, 9.17) is 20.0 Å². The highest BCUT2D eigenvalue weighted by molar-refractivity contribution is 5.83. The number of hydrogen-bond donors (Lipinski definition) is 0. The maximum absolute atomic E-state index is 4.89. The lowest BCUT2D eigenvalue weighted by atomic mass is 9.95. The number of aliphatic imine (C=N–C) groups is 4. The Labute approximate surface area is 360 Å². The zero-order valence-corrected chi connectivity index (χ0v) is 36.8. The van der Waals surface area contributed by atoms with E-state index in [-0.39, 0.29) is 0 Å². The molecule has 0 radical (unpaired) electrons. The number of benzene rings is 4. The predicted octanol–water partition coefficient (Wildman–Crippen LogP) is 15.6. The van der Waals surface area contributed by atoms with Gasteiger partial charge in [-0.2, -0.15) is 0 Å². The molecule has 0 unspecified atom stereocenters. The highest BCUT2D eigenvalue weighted by atomic mass is 14.7. The second-order valence-electron chi connectivity index (χ2n) is 14.8. The van der Waals surface area contributed by atoms with Crippen molar-refractivity contribution in [3.05, 3.63) is 215 Å². The van der Waals surface area contributed by atoms with Gasteiger partial charge in [0.05, 0.1) is 24.5 Å². The van der Waals surface area contributed by atoms with E-state index in [0.717, 1.165) is 55.9 Å². The van der Waals surface area contributed by atoms with Crippen molar-refractivity contribution < 1.29 is 0 Å². The molecule has 0 fully saturated rings. The van der Waals surface area contributed by atoms with Gasteiger partial charge in [0, 0.05) is 24.9 Å². The van der Waals surface area contributed by atoms with Gasteiger partial charge in [0.1, 0.15) is 0 Å². The first kappa shape index (κ1) is 46.2. The summed E-state index contributed by atoms with van der Waals surface area (Å²) in [4.78, 5) is 19.4.